The fraction of sp³-hybridized carbons (Fsp3) is 0.375. The minimum absolute atomic E-state index is 0.0197. The quantitative estimate of drug-likeness (QED) is 0.515. The molecular formula is C24H28N2OS. The molecule has 28 heavy (non-hydrogen) atoms. The first kappa shape index (κ1) is 19.1. The maximum absolute atomic E-state index is 13.0. The zero-order valence-corrected chi connectivity index (χ0v) is 17.8. The third kappa shape index (κ3) is 3.58. The largest absolute Gasteiger partial charge is 0.377 e. The van der Waals surface area contributed by atoms with Crippen LogP contribution in [-0.2, 0) is 0 Å². The molecule has 1 heterocycles. The molecule has 0 radical (unpaired) electrons. The maximum Gasteiger partial charge on any atom is 0.253 e. The molecule has 4 heteroatoms. The van der Waals surface area contributed by atoms with Crippen molar-refractivity contribution < 1.29 is 4.79 Å². The van der Waals surface area contributed by atoms with Crippen molar-refractivity contribution in [3.05, 3.63) is 71.3 Å². The maximum atomic E-state index is 13.0. The molecule has 0 bridgehead atoms. The first-order valence-corrected chi connectivity index (χ1v) is 11.1. The van der Waals surface area contributed by atoms with Crippen LogP contribution in [0, 0.1) is 5.92 Å². The van der Waals surface area contributed by atoms with Crippen LogP contribution in [-0.4, -0.2) is 17.7 Å². The van der Waals surface area contributed by atoms with Crippen LogP contribution < -0.4 is 10.6 Å². The summed E-state index contributed by atoms with van der Waals surface area (Å²) in [6.07, 6.45) is 7.77. The summed E-state index contributed by atoms with van der Waals surface area (Å²) in [6.45, 7) is 6.04. The summed E-state index contributed by atoms with van der Waals surface area (Å²) in [4.78, 5) is 14.2. The van der Waals surface area contributed by atoms with Crippen molar-refractivity contribution in [2.24, 2.45) is 5.92 Å². The SMILES string of the molecule is CSc1ccc(C2Nc3c(C(=O)NC(C)(C)C)cccc3C3C=CCC32)cc1. The zero-order chi connectivity index (χ0) is 19.9. The Labute approximate surface area is 172 Å². The Morgan fingerprint density at radius 2 is 1.89 bits per heavy atom. The Balaban J connectivity index is 1.74. The molecule has 3 nitrogen and oxygen atoms in total. The molecule has 0 aromatic heterocycles. The molecule has 1 aliphatic carbocycles. The van der Waals surface area contributed by atoms with Gasteiger partial charge in [-0.1, -0.05) is 36.4 Å². The highest BCUT2D eigenvalue weighted by Crippen LogP contribution is 2.50. The highest BCUT2D eigenvalue weighted by atomic mass is 32.2. The lowest BCUT2D eigenvalue weighted by Crippen LogP contribution is -2.41. The van der Waals surface area contributed by atoms with Crippen molar-refractivity contribution in [2.45, 2.75) is 49.6 Å². The number of amides is 1. The van der Waals surface area contributed by atoms with E-state index in [0.717, 1.165) is 17.7 Å². The number of thioether (sulfide) groups is 1. The summed E-state index contributed by atoms with van der Waals surface area (Å²) in [7, 11) is 0. The standard InChI is InChI=1S/C24H28N2OS/c1-24(2,3)26-23(27)20-10-6-9-19-17-7-5-8-18(17)21(25-22(19)20)15-11-13-16(28-4)14-12-15/h5-7,9-14,17-18,21,25H,8H2,1-4H3,(H,26,27). The van der Waals surface area contributed by atoms with Gasteiger partial charge in [-0.15, -0.1) is 11.8 Å². The van der Waals surface area contributed by atoms with Crippen LogP contribution in [0.2, 0.25) is 0 Å². The van der Waals surface area contributed by atoms with Gasteiger partial charge >= 0.3 is 0 Å². The highest BCUT2D eigenvalue weighted by Gasteiger charge is 2.39. The third-order valence-corrected chi connectivity index (χ3v) is 6.35. The van der Waals surface area contributed by atoms with E-state index in [1.54, 1.807) is 11.8 Å². The van der Waals surface area contributed by atoms with Gasteiger partial charge < -0.3 is 10.6 Å². The summed E-state index contributed by atoms with van der Waals surface area (Å²) < 4.78 is 0. The van der Waals surface area contributed by atoms with Crippen LogP contribution in [0.3, 0.4) is 0 Å². The lowest BCUT2D eigenvalue weighted by Gasteiger charge is -2.38. The Kier molecular flexibility index (Phi) is 5.00. The average molecular weight is 393 g/mol. The fourth-order valence-electron chi connectivity index (χ4n) is 4.36. The molecular weight excluding hydrogens is 364 g/mol. The number of para-hydroxylation sites is 1. The second-order valence-electron chi connectivity index (χ2n) is 8.72. The Morgan fingerprint density at radius 1 is 1.14 bits per heavy atom. The van der Waals surface area contributed by atoms with Crippen molar-refractivity contribution >= 4 is 23.4 Å². The minimum Gasteiger partial charge on any atom is -0.377 e. The number of carbonyl (C=O) groups excluding carboxylic acids is 1. The Bertz CT molecular complexity index is 911. The molecule has 0 spiro atoms. The van der Waals surface area contributed by atoms with Crippen LogP contribution >= 0.6 is 11.8 Å². The smallest absolute Gasteiger partial charge is 0.253 e. The van der Waals surface area contributed by atoms with E-state index >= 15 is 0 Å². The van der Waals surface area contributed by atoms with Crippen molar-refractivity contribution in [3.63, 3.8) is 0 Å². The van der Waals surface area contributed by atoms with E-state index in [1.165, 1.54) is 16.0 Å². The molecule has 2 aromatic rings. The van der Waals surface area contributed by atoms with Gasteiger partial charge in [0.05, 0.1) is 17.3 Å². The number of nitrogens with one attached hydrogen (secondary N) is 2. The van der Waals surface area contributed by atoms with Gasteiger partial charge in [-0.3, -0.25) is 4.79 Å². The van der Waals surface area contributed by atoms with Crippen LogP contribution in [0.15, 0.2) is 59.5 Å². The van der Waals surface area contributed by atoms with Crippen molar-refractivity contribution in [3.8, 4) is 0 Å². The predicted molar refractivity (Wildman–Crippen MR) is 118 cm³/mol. The van der Waals surface area contributed by atoms with Crippen LogP contribution in [0.4, 0.5) is 5.69 Å². The van der Waals surface area contributed by atoms with E-state index < -0.39 is 0 Å². The van der Waals surface area contributed by atoms with E-state index in [9.17, 15) is 4.79 Å². The normalized spacial score (nSPS) is 22.9. The summed E-state index contributed by atoms with van der Waals surface area (Å²) >= 11 is 1.76. The molecule has 2 aliphatic rings. The van der Waals surface area contributed by atoms with E-state index in [2.05, 4.69) is 59.4 Å². The Morgan fingerprint density at radius 3 is 2.57 bits per heavy atom. The molecule has 2 N–H and O–H groups in total. The van der Waals surface area contributed by atoms with Gasteiger partial charge in [-0.2, -0.15) is 0 Å². The second kappa shape index (κ2) is 7.32. The molecule has 1 aliphatic heterocycles. The van der Waals surface area contributed by atoms with Crippen LogP contribution in [0.25, 0.3) is 0 Å². The minimum atomic E-state index is -0.267. The Hall–Kier alpha value is -2.20. The topological polar surface area (TPSA) is 41.1 Å². The number of rotatable bonds is 3. The first-order chi connectivity index (χ1) is 13.4. The summed E-state index contributed by atoms with van der Waals surface area (Å²) in [6, 6.07) is 15.1. The predicted octanol–water partition coefficient (Wildman–Crippen LogP) is 5.76. The third-order valence-electron chi connectivity index (χ3n) is 5.60. The second-order valence-corrected chi connectivity index (χ2v) is 9.60. The van der Waals surface area contributed by atoms with Crippen molar-refractivity contribution in [1.29, 1.82) is 0 Å². The molecule has 2 aromatic carbocycles. The van der Waals surface area contributed by atoms with E-state index in [0.29, 0.717) is 11.8 Å². The van der Waals surface area contributed by atoms with Gasteiger partial charge in [-0.05, 0) is 68.7 Å². The molecule has 0 saturated carbocycles. The molecule has 146 valence electrons. The van der Waals surface area contributed by atoms with E-state index in [1.807, 2.05) is 32.9 Å². The number of fused-ring (bicyclic) bond motifs is 3. The highest BCUT2D eigenvalue weighted by molar-refractivity contribution is 7.98. The molecule has 1 amide bonds. The lowest BCUT2D eigenvalue weighted by molar-refractivity contribution is 0.0920. The summed E-state index contributed by atoms with van der Waals surface area (Å²) in [5.74, 6) is 0.811. The molecule has 3 unspecified atom stereocenters. The first-order valence-electron chi connectivity index (χ1n) is 9.90. The van der Waals surface area contributed by atoms with Crippen molar-refractivity contribution in [2.75, 3.05) is 11.6 Å². The van der Waals surface area contributed by atoms with Crippen molar-refractivity contribution in [1.82, 2.24) is 5.32 Å². The zero-order valence-electron chi connectivity index (χ0n) is 17.0. The lowest BCUT2D eigenvalue weighted by atomic mass is 9.76. The van der Waals surface area contributed by atoms with Gasteiger partial charge in [0.1, 0.15) is 0 Å². The monoisotopic (exact) mass is 392 g/mol. The molecule has 0 saturated heterocycles. The van der Waals surface area contributed by atoms with E-state index in [4.69, 9.17) is 0 Å². The number of hydrogen-bond donors (Lipinski definition) is 2. The number of carbonyl (C=O) groups is 1. The van der Waals surface area contributed by atoms with Gasteiger partial charge in [0, 0.05) is 16.4 Å². The fourth-order valence-corrected chi connectivity index (χ4v) is 4.77. The summed E-state index contributed by atoms with van der Waals surface area (Å²) in [5, 5.41) is 6.87. The molecule has 3 atom stereocenters. The number of benzene rings is 2. The van der Waals surface area contributed by atoms with E-state index in [-0.39, 0.29) is 17.5 Å². The molecule has 4 rings (SSSR count). The number of hydrogen-bond acceptors (Lipinski definition) is 3. The van der Waals surface area contributed by atoms with Gasteiger partial charge in [0.15, 0.2) is 0 Å². The number of allylic oxidation sites excluding steroid dienone is 2. The van der Waals surface area contributed by atoms with Gasteiger partial charge in [0.25, 0.3) is 5.91 Å². The number of anilines is 1. The average Bonchev–Trinajstić information content (AvgIpc) is 3.16. The van der Waals surface area contributed by atoms with Crippen LogP contribution in [0.1, 0.15) is 60.6 Å². The van der Waals surface area contributed by atoms with Gasteiger partial charge in [-0.25, -0.2) is 0 Å². The summed E-state index contributed by atoms with van der Waals surface area (Å²) in [5.41, 5.74) is 3.97. The van der Waals surface area contributed by atoms with Crippen LogP contribution in [0.5, 0.6) is 0 Å². The van der Waals surface area contributed by atoms with Gasteiger partial charge in [0.2, 0.25) is 0 Å². The molecule has 0 fully saturated rings.